The molecule has 0 fully saturated rings. The molecule has 0 spiro atoms. The number of halogens is 3. The topological polar surface area (TPSA) is 55.3 Å². The molecule has 0 N–H and O–H groups in total. The molecule has 0 amide bonds. The van der Waals surface area contributed by atoms with E-state index < -0.39 is 17.2 Å². The van der Waals surface area contributed by atoms with Crippen LogP contribution in [-0.2, 0) is 15.7 Å². The lowest BCUT2D eigenvalue weighted by atomic mass is 10.3. The van der Waals surface area contributed by atoms with Gasteiger partial charge in [-0.15, -0.1) is 10.2 Å². The average molecular weight is 297 g/mol. The molecule has 1 aromatic rings. The molecule has 19 heavy (non-hydrogen) atoms. The molecule has 0 unspecified atom stereocenters. The molecule has 0 saturated carbocycles. The fourth-order valence-electron chi connectivity index (χ4n) is 1.26. The normalized spacial score (nSPS) is 11.7. The fraction of sp³-hybridized carbons (Fsp3) is 0.700. The maximum absolute atomic E-state index is 12.4. The van der Waals surface area contributed by atoms with Crippen molar-refractivity contribution in [2.45, 2.75) is 33.0 Å². The predicted molar refractivity (Wildman–Crippen MR) is 64.0 cm³/mol. The van der Waals surface area contributed by atoms with Gasteiger partial charge in [0.1, 0.15) is 6.54 Å². The highest BCUT2D eigenvalue weighted by Crippen LogP contribution is 2.34. The van der Waals surface area contributed by atoms with Crippen molar-refractivity contribution < 1.29 is 22.7 Å². The van der Waals surface area contributed by atoms with Gasteiger partial charge in [-0.1, -0.05) is 11.3 Å². The van der Waals surface area contributed by atoms with Crippen LogP contribution in [0.4, 0.5) is 18.3 Å². The first-order valence-electron chi connectivity index (χ1n) is 5.58. The minimum Gasteiger partial charge on any atom is -0.465 e. The van der Waals surface area contributed by atoms with Crippen LogP contribution in [0, 0.1) is 0 Å². The lowest BCUT2D eigenvalue weighted by Gasteiger charge is -2.24. The summed E-state index contributed by atoms with van der Waals surface area (Å²) in [5.41, 5.74) is 0. The van der Waals surface area contributed by atoms with Gasteiger partial charge in [0.05, 0.1) is 6.61 Å². The molecule has 108 valence electrons. The van der Waals surface area contributed by atoms with Crippen molar-refractivity contribution in [1.82, 2.24) is 10.2 Å². The van der Waals surface area contributed by atoms with Gasteiger partial charge in [-0.25, -0.2) is 0 Å². The third-order valence-electron chi connectivity index (χ3n) is 2.13. The third kappa shape index (κ3) is 4.34. The minimum absolute atomic E-state index is 0.0513. The van der Waals surface area contributed by atoms with Gasteiger partial charge >= 0.3 is 12.1 Å². The highest BCUT2D eigenvalue weighted by molar-refractivity contribution is 7.15. The van der Waals surface area contributed by atoms with Crippen LogP contribution in [0.15, 0.2) is 0 Å². The Hall–Kier alpha value is -1.38. The Balaban J connectivity index is 2.88. The second-order valence-electron chi connectivity index (χ2n) is 3.91. The Morgan fingerprint density at radius 1 is 1.42 bits per heavy atom. The monoisotopic (exact) mass is 297 g/mol. The molecular weight excluding hydrogens is 283 g/mol. The first kappa shape index (κ1) is 15.7. The molecule has 5 nitrogen and oxygen atoms in total. The second kappa shape index (κ2) is 6.18. The number of hydrogen-bond acceptors (Lipinski definition) is 6. The summed E-state index contributed by atoms with van der Waals surface area (Å²) in [6.45, 7) is 5.21. The van der Waals surface area contributed by atoms with Crippen molar-refractivity contribution >= 4 is 22.4 Å². The second-order valence-corrected chi connectivity index (χ2v) is 4.87. The van der Waals surface area contributed by atoms with E-state index in [0.717, 1.165) is 0 Å². The van der Waals surface area contributed by atoms with Crippen LogP contribution in [0.5, 0.6) is 0 Å². The Morgan fingerprint density at radius 2 is 2.05 bits per heavy atom. The van der Waals surface area contributed by atoms with Gasteiger partial charge in [0.2, 0.25) is 10.1 Å². The molecule has 0 radical (unpaired) electrons. The van der Waals surface area contributed by atoms with Crippen molar-refractivity contribution in [3.63, 3.8) is 0 Å². The highest BCUT2D eigenvalue weighted by atomic mass is 32.1. The van der Waals surface area contributed by atoms with Gasteiger partial charge in [0.15, 0.2) is 0 Å². The zero-order chi connectivity index (χ0) is 14.6. The molecule has 9 heteroatoms. The fourth-order valence-corrected chi connectivity index (χ4v) is 2.11. The van der Waals surface area contributed by atoms with E-state index in [4.69, 9.17) is 4.74 Å². The summed E-state index contributed by atoms with van der Waals surface area (Å²) >= 11 is 0.407. The summed E-state index contributed by atoms with van der Waals surface area (Å²) in [6, 6.07) is -0.196. The number of hydrogen-bond donors (Lipinski definition) is 0. The van der Waals surface area contributed by atoms with Crippen molar-refractivity contribution in [3.05, 3.63) is 5.01 Å². The SMILES string of the molecule is CCOC(=O)CN(c1nnc(C(F)(F)F)s1)C(C)C. The van der Waals surface area contributed by atoms with Crippen LogP contribution in [0.25, 0.3) is 0 Å². The average Bonchev–Trinajstić information content (AvgIpc) is 2.74. The standard InChI is InChI=1S/C10H14F3N3O2S/c1-4-18-7(17)5-16(6(2)3)9-15-14-8(19-9)10(11,12)13/h6H,4-5H2,1-3H3. The van der Waals surface area contributed by atoms with E-state index in [9.17, 15) is 18.0 Å². The van der Waals surface area contributed by atoms with E-state index in [0.29, 0.717) is 11.3 Å². The maximum atomic E-state index is 12.4. The number of ether oxygens (including phenoxy) is 1. The number of anilines is 1. The molecule has 0 aliphatic rings. The van der Waals surface area contributed by atoms with E-state index in [-0.39, 0.29) is 24.3 Å². The Labute approximate surface area is 112 Å². The van der Waals surface area contributed by atoms with E-state index in [1.807, 2.05) is 0 Å². The van der Waals surface area contributed by atoms with Crippen LogP contribution < -0.4 is 4.90 Å². The zero-order valence-corrected chi connectivity index (χ0v) is 11.5. The molecule has 0 aliphatic heterocycles. The number of carbonyl (C=O) groups is 1. The van der Waals surface area contributed by atoms with Crippen molar-refractivity contribution in [2.24, 2.45) is 0 Å². The Kier molecular flexibility index (Phi) is 5.10. The predicted octanol–water partition coefficient (Wildman–Crippen LogP) is 2.33. The van der Waals surface area contributed by atoms with E-state index in [2.05, 4.69) is 10.2 Å². The lowest BCUT2D eigenvalue weighted by molar-refractivity contribution is -0.141. The molecule has 0 aromatic carbocycles. The van der Waals surface area contributed by atoms with Crippen molar-refractivity contribution in [1.29, 1.82) is 0 Å². The van der Waals surface area contributed by atoms with Crippen LogP contribution in [-0.4, -0.2) is 35.4 Å². The van der Waals surface area contributed by atoms with Crippen LogP contribution in [0.1, 0.15) is 25.8 Å². The number of carbonyl (C=O) groups excluding carboxylic acids is 1. The van der Waals surface area contributed by atoms with Crippen LogP contribution in [0.3, 0.4) is 0 Å². The van der Waals surface area contributed by atoms with Crippen molar-refractivity contribution in [2.75, 3.05) is 18.1 Å². The molecule has 0 atom stereocenters. The summed E-state index contributed by atoms with van der Waals surface area (Å²) in [7, 11) is 0. The number of nitrogens with zero attached hydrogens (tertiary/aromatic N) is 3. The van der Waals surface area contributed by atoms with Gasteiger partial charge in [-0.05, 0) is 20.8 Å². The number of aromatic nitrogens is 2. The van der Waals surface area contributed by atoms with Crippen LogP contribution in [0.2, 0.25) is 0 Å². The summed E-state index contributed by atoms with van der Waals surface area (Å²) in [6.07, 6.45) is -4.53. The summed E-state index contributed by atoms with van der Waals surface area (Å²) < 4.78 is 42.1. The van der Waals surface area contributed by atoms with Gasteiger partial charge in [-0.2, -0.15) is 13.2 Å². The first-order chi connectivity index (χ1) is 8.75. The van der Waals surface area contributed by atoms with Gasteiger partial charge in [0.25, 0.3) is 0 Å². The number of rotatable bonds is 5. The minimum atomic E-state index is -4.53. The Morgan fingerprint density at radius 3 is 2.47 bits per heavy atom. The smallest absolute Gasteiger partial charge is 0.445 e. The summed E-state index contributed by atoms with van der Waals surface area (Å²) in [4.78, 5) is 12.8. The molecule has 0 aliphatic carbocycles. The molecular formula is C10H14F3N3O2S. The van der Waals surface area contributed by atoms with Crippen molar-refractivity contribution in [3.8, 4) is 0 Å². The maximum Gasteiger partial charge on any atom is 0.445 e. The molecule has 1 aromatic heterocycles. The molecule has 0 saturated heterocycles. The highest BCUT2D eigenvalue weighted by Gasteiger charge is 2.36. The lowest BCUT2D eigenvalue weighted by Crippen LogP contribution is -2.36. The van der Waals surface area contributed by atoms with Gasteiger partial charge in [0, 0.05) is 6.04 Å². The molecule has 1 heterocycles. The molecule has 0 bridgehead atoms. The zero-order valence-electron chi connectivity index (χ0n) is 10.7. The quantitative estimate of drug-likeness (QED) is 0.781. The summed E-state index contributed by atoms with van der Waals surface area (Å²) in [5, 5.41) is 5.60. The number of esters is 1. The van der Waals surface area contributed by atoms with Gasteiger partial charge in [-0.3, -0.25) is 4.79 Å². The molecule has 1 rings (SSSR count). The van der Waals surface area contributed by atoms with E-state index >= 15 is 0 Å². The van der Waals surface area contributed by atoms with E-state index in [1.54, 1.807) is 20.8 Å². The van der Waals surface area contributed by atoms with Crippen LogP contribution >= 0.6 is 11.3 Å². The first-order valence-corrected chi connectivity index (χ1v) is 6.40. The summed E-state index contributed by atoms with van der Waals surface area (Å²) in [5.74, 6) is -0.514. The largest absolute Gasteiger partial charge is 0.465 e. The Bertz CT molecular complexity index is 434. The number of alkyl halides is 3. The van der Waals surface area contributed by atoms with Gasteiger partial charge < -0.3 is 9.64 Å². The third-order valence-corrected chi connectivity index (χ3v) is 3.14. The van der Waals surface area contributed by atoms with E-state index in [1.165, 1.54) is 4.90 Å².